The van der Waals surface area contributed by atoms with E-state index in [2.05, 4.69) is 15.3 Å². The topological polar surface area (TPSA) is 93.4 Å². The van der Waals surface area contributed by atoms with Crippen LogP contribution in [0.15, 0.2) is 6.20 Å². The Kier molecular flexibility index (Phi) is 4.61. The molecular weight excluding hydrogens is 282 g/mol. The molecule has 0 saturated carbocycles. The number of amides is 1. The van der Waals surface area contributed by atoms with Gasteiger partial charge in [-0.1, -0.05) is 0 Å². The van der Waals surface area contributed by atoms with Crippen molar-refractivity contribution in [3.63, 3.8) is 0 Å². The summed E-state index contributed by atoms with van der Waals surface area (Å²) in [5.74, 6) is 0.353. The molecule has 8 heteroatoms. The van der Waals surface area contributed by atoms with Crippen molar-refractivity contribution in [1.29, 1.82) is 0 Å². The fourth-order valence-corrected chi connectivity index (χ4v) is 2.18. The van der Waals surface area contributed by atoms with E-state index in [0.29, 0.717) is 31.3 Å². The number of nitrogens with one attached hydrogen (secondary N) is 1. The summed E-state index contributed by atoms with van der Waals surface area (Å²) in [6.45, 7) is 5.13. The number of halogens is 1. The number of ether oxygens (including phenoxy) is 1. The second kappa shape index (κ2) is 6.23. The SMILES string of the molecule is CC(C)NC(=O)C1COCCN1c1nc(Cl)ncc1N. The molecule has 3 N–H and O–H groups in total. The van der Waals surface area contributed by atoms with Crippen LogP contribution in [0.2, 0.25) is 5.28 Å². The standard InChI is InChI=1S/C12H18ClN5O2/c1-7(2)16-11(19)9-6-20-4-3-18(9)10-8(14)5-15-12(13)17-10/h5,7,9H,3-4,6,14H2,1-2H3,(H,16,19). The minimum atomic E-state index is -0.473. The first-order valence-corrected chi connectivity index (χ1v) is 6.79. The molecule has 0 aliphatic carbocycles. The van der Waals surface area contributed by atoms with E-state index in [0.717, 1.165) is 0 Å². The van der Waals surface area contributed by atoms with Gasteiger partial charge in [-0.15, -0.1) is 0 Å². The van der Waals surface area contributed by atoms with Gasteiger partial charge < -0.3 is 20.7 Å². The Morgan fingerprint density at radius 3 is 3.10 bits per heavy atom. The predicted octanol–water partition coefficient (Wildman–Crippen LogP) is 0.442. The van der Waals surface area contributed by atoms with Crippen LogP contribution >= 0.6 is 11.6 Å². The number of hydrogen-bond acceptors (Lipinski definition) is 6. The Balaban J connectivity index is 2.26. The Labute approximate surface area is 122 Å². The molecule has 0 bridgehead atoms. The number of rotatable bonds is 3. The minimum absolute atomic E-state index is 0.0533. The number of anilines is 2. The number of nitrogens with two attached hydrogens (primary N) is 1. The van der Waals surface area contributed by atoms with Crippen LogP contribution in [-0.4, -0.2) is 47.7 Å². The fraction of sp³-hybridized carbons (Fsp3) is 0.583. The van der Waals surface area contributed by atoms with Gasteiger partial charge in [0.15, 0.2) is 5.82 Å². The second-order valence-electron chi connectivity index (χ2n) is 4.87. The summed E-state index contributed by atoms with van der Waals surface area (Å²) in [6, 6.07) is -0.419. The highest BCUT2D eigenvalue weighted by Gasteiger charge is 2.32. The van der Waals surface area contributed by atoms with Crippen molar-refractivity contribution in [3.05, 3.63) is 11.5 Å². The summed E-state index contributed by atoms with van der Waals surface area (Å²) < 4.78 is 5.39. The lowest BCUT2D eigenvalue weighted by Gasteiger charge is -2.36. The average molecular weight is 300 g/mol. The van der Waals surface area contributed by atoms with Gasteiger partial charge in [-0.3, -0.25) is 4.79 Å². The van der Waals surface area contributed by atoms with Gasteiger partial charge >= 0.3 is 0 Å². The zero-order chi connectivity index (χ0) is 14.7. The number of nitrogen functional groups attached to an aromatic ring is 1. The van der Waals surface area contributed by atoms with Crippen LogP contribution in [-0.2, 0) is 9.53 Å². The van der Waals surface area contributed by atoms with Crippen molar-refractivity contribution in [2.24, 2.45) is 0 Å². The first-order valence-electron chi connectivity index (χ1n) is 6.42. The molecule has 2 rings (SSSR count). The third-order valence-corrected chi connectivity index (χ3v) is 3.08. The summed E-state index contributed by atoms with van der Waals surface area (Å²) >= 11 is 5.81. The maximum atomic E-state index is 12.2. The van der Waals surface area contributed by atoms with E-state index >= 15 is 0 Å². The Hall–Kier alpha value is -1.60. The average Bonchev–Trinajstić information content (AvgIpc) is 2.41. The van der Waals surface area contributed by atoms with Crippen LogP contribution < -0.4 is 16.0 Å². The van der Waals surface area contributed by atoms with Gasteiger partial charge in [-0.2, -0.15) is 4.98 Å². The van der Waals surface area contributed by atoms with E-state index < -0.39 is 6.04 Å². The van der Waals surface area contributed by atoms with Crippen LogP contribution in [0.3, 0.4) is 0 Å². The fourth-order valence-electron chi connectivity index (χ4n) is 2.05. The number of aromatic nitrogens is 2. The van der Waals surface area contributed by atoms with Gasteiger partial charge in [0.1, 0.15) is 6.04 Å². The molecule has 0 aromatic carbocycles. The molecule has 1 unspecified atom stereocenters. The molecule has 110 valence electrons. The van der Waals surface area contributed by atoms with Gasteiger partial charge in [0.05, 0.1) is 25.1 Å². The van der Waals surface area contributed by atoms with Crippen molar-refractivity contribution in [3.8, 4) is 0 Å². The second-order valence-corrected chi connectivity index (χ2v) is 5.20. The molecule has 20 heavy (non-hydrogen) atoms. The lowest BCUT2D eigenvalue weighted by atomic mass is 10.2. The molecule has 1 aliphatic rings. The third-order valence-electron chi connectivity index (χ3n) is 2.90. The molecule has 1 aromatic rings. The lowest BCUT2D eigenvalue weighted by Crippen LogP contribution is -2.55. The minimum Gasteiger partial charge on any atom is -0.394 e. The number of morpholine rings is 1. The highest BCUT2D eigenvalue weighted by molar-refractivity contribution is 6.28. The molecule has 0 spiro atoms. The van der Waals surface area contributed by atoms with E-state index in [1.165, 1.54) is 6.20 Å². The van der Waals surface area contributed by atoms with Crippen molar-refractivity contribution < 1.29 is 9.53 Å². The summed E-state index contributed by atoms with van der Waals surface area (Å²) in [5, 5.41) is 2.97. The number of carbonyl (C=O) groups is 1. The van der Waals surface area contributed by atoms with Gasteiger partial charge in [-0.25, -0.2) is 4.98 Å². The normalized spacial score (nSPS) is 19.2. The maximum Gasteiger partial charge on any atom is 0.245 e. The lowest BCUT2D eigenvalue weighted by molar-refractivity contribution is -0.125. The number of hydrogen-bond donors (Lipinski definition) is 2. The quantitative estimate of drug-likeness (QED) is 0.787. The van der Waals surface area contributed by atoms with Gasteiger partial charge in [0.25, 0.3) is 0 Å². The van der Waals surface area contributed by atoms with Crippen LogP contribution in [0.4, 0.5) is 11.5 Å². The van der Waals surface area contributed by atoms with Crippen LogP contribution in [0, 0.1) is 0 Å². The first-order chi connectivity index (χ1) is 9.49. The van der Waals surface area contributed by atoms with Crippen LogP contribution in [0.1, 0.15) is 13.8 Å². The summed E-state index contributed by atoms with van der Waals surface area (Å²) in [7, 11) is 0. The van der Waals surface area contributed by atoms with Crippen molar-refractivity contribution in [2.75, 3.05) is 30.4 Å². The highest BCUT2D eigenvalue weighted by atomic mass is 35.5. The predicted molar refractivity (Wildman–Crippen MR) is 76.7 cm³/mol. The molecule has 2 heterocycles. The van der Waals surface area contributed by atoms with Crippen molar-refractivity contribution in [1.82, 2.24) is 15.3 Å². The number of carbonyl (C=O) groups excluding carboxylic acids is 1. The van der Waals surface area contributed by atoms with E-state index in [1.807, 2.05) is 18.7 Å². The van der Waals surface area contributed by atoms with Gasteiger partial charge in [0.2, 0.25) is 11.2 Å². The van der Waals surface area contributed by atoms with E-state index in [1.54, 1.807) is 0 Å². The Morgan fingerprint density at radius 2 is 2.40 bits per heavy atom. The molecule has 1 aromatic heterocycles. The molecule has 0 radical (unpaired) electrons. The Bertz CT molecular complexity index is 497. The maximum absolute atomic E-state index is 12.2. The van der Waals surface area contributed by atoms with Crippen LogP contribution in [0.25, 0.3) is 0 Å². The molecule has 7 nitrogen and oxygen atoms in total. The van der Waals surface area contributed by atoms with Crippen LogP contribution in [0.5, 0.6) is 0 Å². The molecule has 1 aliphatic heterocycles. The van der Waals surface area contributed by atoms with Gasteiger partial charge in [0, 0.05) is 12.6 Å². The molecular formula is C12H18ClN5O2. The third kappa shape index (κ3) is 3.29. The smallest absolute Gasteiger partial charge is 0.245 e. The molecule has 1 amide bonds. The molecule has 1 saturated heterocycles. The molecule has 1 atom stereocenters. The summed E-state index contributed by atoms with van der Waals surface area (Å²) in [5.41, 5.74) is 6.27. The van der Waals surface area contributed by atoms with Gasteiger partial charge in [-0.05, 0) is 25.4 Å². The Morgan fingerprint density at radius 1 is 1.65 bits per heavy atom. The molecule has 1 fully saturated rings. The first kappa shape index (κ1) is 14.8. The van der Waals surface area contributed by atoms with E-state index in [4.69, 9.17) is 22.1 Å². The highest BCUT2D eigenvalue weighted by Crippen LogP contribution is 2.24. The zero-order valence-corrected chi connectivity index (χ0v) is 12.2. The van der Waals surface area contributed by atoms with Crippen molar-refractivity contribution in [2.45, 2.75) is 25.9 Å². The van der Waals surface area contributed by atoms with E-state index in [-0.39, 0.29) is 17.2 Å². The van der Waals surface area contributed by atoms with Crippen molar-refractivity contribution >= 4 is 29.0 Å². The largest absolute Gasteiger partial charge is 0.394 e. The van der Waals surface area contributed by atoms with E-state index in [9.17, 15) is 4.79 Å². The zero-order valence-electron chi connectivity index (χ0n) is 11.5. The number of nitrogens with zero attached hydrogens (tertiary/aromatic N) is 3. The monoisotopic (exact) mass is 299 g/mol. The summed E-state index contributed by atoms with van der Waals surface area (Å²) in [6.07, 6.45) is 1.44. The summed E-state index contributed by atoms with van der Waals surface area (Å²) in [4.78, 5) is 22.0.